The second-order valence-corrected chi connectivity index (χ2v) is 8.67. The third kappa shape index (κ3) is 3.00. The lowest BCUT2D eigenvalue weighted by molar-refractivity contribution is -0.384. The molecule has 5 rings (SSSR count). The van der Waals surface area contributed by atoms with Gasteiger partial charge >= 0.3 is 6.03 Å². The lowest BCUT2D eigenvalue weighted by Crippen LogP contribution is -2.74. The first kappa shape index (κ1) is 21.7. The van der Waals surface area contributed by atoms with E-state index in [1.165, 1.54) is 19.2 Å². The summed E-state index contributed by atoms with van der Waals surface area (Å²) in [4.78, 5) is 55.1. The van der Waals surface area contributed by atoms with Crippen molar-refractivity contribution in [2.75, 3.05) is 43.6 Å². The molecular formula is C23H23N5O6. The number of non-ortho nitro benzene ring substituents is 1. The molecule has 176 valence electrons. The molecule has 3 aliphatic heterocycles. The number of benzene rings is 2. The second-order valence-electron chi connectivity index (χ2n) is 8.67. The molecule has 2 aromatic carbocycles. The van der Waals surface area contributed by atoms with Crippen LogP contribution in [-0.4, -0.2) is 67.5 Å². The molecule has 0 radical (unpaired) electrons. The fourth-order valence-electron chi connectivity index (χ4n) is 5.36. The zero-order chi connectivity index (χ0) is 24.2. The highest BCUT2D eigenvalue weighted by atomic mass is 16.6. The predicted molar refractivity (Wildman–Crippen MR) is 122 cm³/mol. The van der Waals surface area contributed by atoms with E-state index in [0.717, 1.165) is 16.3 Å². The van der Waals surface area contributed by atoms with Gasteiger partial charge in [-0.25, -0.2) is 4.79 Å². The van der Waals surface area contributed by atoms with Crippen LogP contribution in [0.2, 0.25) is 0 Å². The summed E-state index contributed by atoms with van der Waals surface area (Å²) in [5.74, 6) is -0.631. The Morgan fingerprint density at radius 1 is 1.12 bits per heavy atom. The minimum atomic E-state index is -1.62. The Hall–Kier alpha value is -4.15. The van der Waals surface area contributed by atoms with Crippen LogP contribution in [0.3, 0.4) is 0 Å². The molecule has 11 nitrogen and oxygen atoms in total. The summed E-state index contributed by atoms with van der Waals surface area (Å²) in [6.45, 7) is 1.36. The summed E-state index contributed by atoms with van der Waals surface area (Å²) < 4.78 is 5.52. The van der Waals surface area contributed by atoms with Crippen LogP contribution in [0.4, 0.5) is 21.9 Å². The molecule has 1 N–H and O–H groups in total. The maximum Gasteiger partial charge on any atom is 0.330 e. The number of nitrogens with one attached hydrogen (secondary N) is 1. The van der Waals surface area contributed by atoms with Gasteiger partial charge in [0, 0.05) is 50.9 Å². The van der Waals surface area contributed by atoms with E-state index in [2.05, 4.69) is 10.2 Å². The van der Waals surface area contributed by atoms with Crippen molar-refractivity contribution in [3.05, 3.63) is 58.1 Å². The van der Waals surface area contributed by atoms with Crippen molar-refractivity contribution in [3.8, 4) is 5.75 Å². The van der Waals surface area contributed by atoms with E-state index in [1.807, 2.05) is 29.2 Å². The van der Waals surface area contributed by atoms with Crippen LogP contribution in [0.25, 0.3) is 0 Å². The minimum Gasteiger partial charge on any atom is -0.495 e. The topological polar surface area (TPSA) is 125 Å². The number of para-hydroxylation sites is 2. The number of anilines is 2. The van der Waals surface area contributed by atoms with Gasteiger partial charge < -0.3 is 14.5 Å². The third-order valence-electron chi connectivity index (χ3n) is 7.04. The molecule has 2 atom stereocenters. The van der Waals surface area contributed by atoms with Gasteiger partial charge in [-0.05, 0) is 23.8 Å². The van der Waals surface area contributed by atoms with Crippen molar-refractivity contribution in [2.45, 2.75) is 12.5 Å². The quantitative estimate of drug-likeness (QED) is 0.411. The number of nitrogens with zero attached hydrogens (tertiary/aromatic N) is 4. The lowest BCUT2D eigenvalue weighted by atomic mass is 9.67. The number of nitro benzene ring substituents is 1. The number of methoxy groups -OCH3 is 1. The van der Waals surface area contributed by atoms with Gasteiger partial charge in [0.2, 0.25) is 11.8 Å². The summed E-state index contributed by atoms with van der Waals surface area (Å²) in [6, 6.07) is 10.6. The van der Waals surface area contributed by atoms with Gasteiger partial charge in [0.05, 0.1) is 23.8 Å². The lowest BCUT2D eigenvalue weighted by Gasteiger charge is -2.55. The number of fused-ring (bicyclic) bond motifs is 4. The Labute approximate surface area is 195 Å². The number of hydrogen-bond acceptors (Lipinski definition) is 8. The molecule has 1 spiro atoms. The van der Waals surface area contributed by atoms with Crippen molar-refractivity contribution in [1.29, 1.82) is 0 Å². The zero-order valence-corrected chi connectivity index (χ0v) is 18.7. The van der Waals surface area contributed by atoms with Gasteiger partial charge in [-0.3, -0.25) is 29.9 Å². The van der Waals surface area contributed by atoms with Gasteiger partial charge in [0.15, 0.2) is 5.41 Å². The standard InChI is InChI=1S/C23H23N5O6/c1-25-21(30)23(20(29)24-22(25)31)12-14-11-15(28(32)33)7-8-16(14)27-10-9-26(13-19(23)27)17-5-3-4-6-18(17)34-2/h3-8,11,19H,9-10,12-13H2,1-2H3,(H,24,29,31)/t19-,23+/m1/s1. The summed E-state index contributed by atoms with van der Waals surface area (Å²) >= 11 is 0. The molecule has 2 saturated heterocycles. The molecule has 34 heavy (non-hydrogen) atoms. The molecule has 3 heterocycles. The van der Waals surface area contributed by atoms with Gasteiger partial charge in [-0.15, -0.1) is 0 Å². The summed E-state index contributed by atoms with van der Waals surface area (Å²) in [5, 5.41) is 13.7. The Morgan fingerprint density at radius 3 is 2.62 bits per heavy atom. The van der Waals surface area contributed by atoms with Crippen LogP contribution >= 0.6 is 0 Å². The van der Waals surface area contributed by atoms with E-state index in [4.69, 9.17) is 4.74 Å². The number of barbiturate groups is 1. The first-order chi connectivity index (χ1) is 16.3. The number of carbonyl (C=O) groups excluding carboxylic acids is 3. The number of ether oxygens (including phenoxy) is 1. The van der Waals surface area contributed by atoms with E-state index < -0.39 is 34.2 Å². The minimum absolute atomic E-state index is 0.0484. The van der Waals surface area contributed by atoms with Crippen molar-refractivity contribution in [3.63, 3.8) is 0 Å². The van der Waals surface area contributed by atoms with Gasteiger partial charge in [0.25, 0.3) is 5.69 Å². The largest absolute Gasteiger partial charge is 0.495 e. The number of carbonyl (C=O) groups is 3. The van der Waals surface area contributed by atoms with E-state index in [-0.39, 0.29) is 12.1 Å². The maximum atomic E-state index is 13.6. The SMILES string of the molecule is COc1ccccc1N1CCN2c3ccc([N+](=O)[O-])cc3C[C@@]3(C(=O)NC(=O)N(C)C3=O)[C@H]2C1. The number of imide groups is 2. The number of rotatable bonds is 3. The van der Waals surface area contributed by atoms with Gasteiger partial charge in [-0.2, -0.15) is 0 Å². The Morgan fingerprint density at radius 2 is 1.88 bits per heavy atom. The highest BCUT2D eigenvalue weighted by molar-refractivity contribution is 6.20. The molecule has 3 aliphatic rings. The van der Waals surface area contributed by atoms with E-state index in [1.54, 1.807) is 13.2 Å². The van der Waals surface area contributed by atoms with Gasteiger partial charge in [-0.1, -0.05) is 12.1 Å². The van der Waals surface area contributed by atoms with E-state index >= 15 is 0 Å². The molecular weight excluding hydrogens is 442 g/mol. The Kier molecular flexibility index (Phi) is 4.92. The van der Waals surface area contributed by atoms with Crippen LogP contribution in [-0.2, 0) is 16.0 Å². The average Bonchev–Trinajstić information content (AvgIpc) is 2.85. The summed E-state index contributed by atoms with van der Waals surface area (Å²) in [6.07, 6.45) is -0.0484. The van der Waals surface area contributed by atoms with E-state index in [9.17, 15) is 24.5 Å². The number of amides is 4. The smallest absolute Gasteiger partial charge is 0.330 e. The molecule has 2 aromatic rings. The van der Waals surface area contributed by atoms with Crippen molar-refractivity contribution in [2.24, 2.45) is 5.41 Å². The molecule has 0 bridgehead atoms. The molecule has 4 amide bonds. The Balaban J connectivity index is 1.65. The number of urea groups is 1. The fraction of sp³-hybridized carbons (Fsp3) is 0.348. The highest BCUT2D eigenvalue weighted by Crippen LogP contribution is 2.47. The molecule has 0 aliphatic carbocycles. The van der Waals surface area contributed by atoms with Crippen LogP contribution in [0.1, 0.15) is 5.56 Å². The van der Waals surface area contributed by atoms with Crippen LogP contribution in [0.15, 0.2) is 42.5 Å². The summed E-state index contributed by atoms with van der Waals surface area (Å²) in [5.41, 5.74) is 0.380. The maximum absolute atomic E-state index is 13.6. The number of piperazine rings is 1. The van der Waals surface area contributed by atoms with Crippen LogP contribution in [0, 0.1) is 15.5 Å². The van der Waals surface area contributed by atoms with E-state index in [0.29, 0.717) is 30.9 Å². The van der Waals surface area contributed by atoms with Crippen LogP contribution in [0.5, 0.6) is 5.75 Å². The Bertz CT molecular complexity index is 1230. The summed E-state index contributed by atoms with van der Waals surface area (Å²) in [7, 11) is 2.92. The van der Waals surface area contributed by atoms with Crippen molar-refractivity contribution >= 4 is 34.9 Å². The molecule has 11 heteroatoms. The second kappa shape index (κ2) is 7.72. The predicted octanol–water partition coefficient (Wildman–Crippen LogP) is 1.55. The number of nitro groups is 1. The molecule has 2 fully saturated rings. The molecule has 0 unspecified atom stereocenters. The van der Waals surface area contributed by atoms with Crippen molar-refractivity contribution in [1.82, 2.24) is 10.2 Å². The molecule has 0 saturated carbocycles. The van der Waals surface area contributed by atoms with Crippen molar-refractivity contribution < 1.29 is 24.0 Å². The normalized spacial score (nSPS) is 24.0. The first-order valence-corrected chi connectivity index (χ1v) is 10.8. The zero-order valence-electron chi connectivity index (χ0n) is 18.7. The molecule has 0 aromatic heterocycles. The van der Waals surface area contributed by atoms with Crippen LogP contribution < -0.4 is 19.9 Å². The number of hydrogen-bond donors (Lipinski definition) is 1. The third-order valence-corrected chi connectivity index (χ3v) is 7.04. The first-order valence-electron chi connectivity index (χ1n) is 10.8. The average molecular weight is 465 g/mol. The van der Waals surface area contributed by atoms with Gasteiger partial charge in [0.1, 0.15) is 5.75 Å². The highest BCUT2D eigenvalue weighted by Gasteiger charge is 2.62. The monoisotopic (exact) mass is 465 g/mol. The fourth-order valence-corrected chi connectivity index (χ4v) is 5.36.